The van der Waals surface area contributed by atoms with Gasteiger partial charge in [-0.2, -0.15) is 5.10 Å². The van der Waals surface area contributed by atoms with Crippen LogP contribution in [0.25, 0.3) is 0 Å². The van der Waals surface area contributed by atoms with Gasteiger partial charge in [-0.3, -0.25) is 4.68 Å². The van der Waals surface area contributed by atoms with Gasteiger partial charge in [0.1, 0.15) is 0 Å². The lowest BCUT2D eigenvalue weighted by Crippen LogP contribution is -2.37. The fraction of sp³-hybridized carbons (Fsp3) is 0.800. The zero-order valence-corrected chi connectivity index (χ0v) is 13.9. The Hall–Kier alpha value is -0.620. The van der Waals surface area contributed by atoms with Gasteiger partial charge < -0.3 is 14.8 Å². The first kappa shape index (κ1) is 16.7. The Morgan fingerprint density at radius 1 is 1.48 bits per heavy atom. The van der Waals surface area contributed by atoms with Crippen LogP contribution in [0.4, 0.5) is 0 Å². The van der Waals surface area contributed by atoms with Crippen LogP contribution >= 0.6 is 11.6 Å². The van der Waals surface area contributed by atoms with Crippen molar-refractivity contribution in [3.8, 4) is 0 Å². The van der Waals surface area contributed by atoms with E-state index in [1.165, 1.54) is 12.8 Å². The zero-order valence-electron chi connectivity index (χ0n) is 13.1. The molecule has 120 valence electrons. The molecule has 0 aliphatic heterocycles. The van der Waals surface area contributed by atoms with Crippen LogP contribution < -0.4 is 5.32 Å². The maximum absolute atomic E-state index is 6.40. The fourth-order valence-electron chi connectivity index (χ4n) is 2.75. The maximum atomic E-state index is 6.40. The molecule has 1 N–H and O–H groups in total. The monoisotopic (exact) mass is 315 g/mol. The predicted octanol–water partition coefficient (Wildman–Crippen LogP) is 2.65. The van der Waals surface area contributed by atoms with E-state index in [4.69, 9.17) is 21.1 Å². The number of rotatable bonds is 10. The van der Waals surface area contributed by atoms with Crippen LogP contribution in [-0.2, 0) is 16.0 Å². The van der Waals surface area contributed by atoms with Crippen molar-refractivity contribution in [3.05, 3.63) is 16.9 Å². The second-order valence-corrected chi connectivity index (χ2v) is 5.79. The van der Waals surface area contributed by atoms with Gasteiger partial charge in [0.15, 0.2) is 0 Å². The van der Waals surface area contributed by atoms with Crippen molar-refractivity contribution in [1.29, 1.82) is 0 Å². The molecule has 1 aromatic heterocycles. The molecule has 6 heteroatoms. The summed E-state index contributed by atoms with van der Waals surface area (Å²) in [5.41, 5.74) is 1.01. The normalized spacial score (nSPS) is 17.9. The van der Waals surface area contributed by atoms with E-state index in [9.17, 15) is 0 Å². The van der Waals surface area contributed by atoms with E-state index < -0.39 is 0 Å². The Bertz CT molecular complexity index is 435. The van der Waals surface area contributed by atoms with Gasteiger partial charge in [0.2, 0.25) is 0 Å². The summed E-state index contributed by atoms with van der Waals surface area (Å²) in [6.07, 6.45) is 4.34. The summed E-state index contributed by atoms with van der Waals surface area (Å²) in [7, 11) is 1.69. The van der Waals surface area contributed by atoms with E-state index in [-0.39, 0.29) is 12.1 Å². The van der Waals surface area contributed by atoms with Crippen molar-refractivity contribution in [2.24, 2.45) is 5.92 Å². The summed E-state index contributed by atoms with van der Waals surface area (Å²) < 4.78 is 13.1. The highest BCUT2D eigenvalue weighted by Gasteiger charge is 2.39. The summed E-state index contributed by atoms with van der Waals surface area (Å²) in [6.45, 7) is 7.05. The Balaban J connectivity index is 2.25. The summed E-state index contributed by atoms with van der Waals surface area (Å²) in [6, 6.07) is 0.0781. The number of halogens is 1. The maximum Gasteiger partial charge on any atom is 0.0835 e. The molecule has 5 nitrogen and oxygen atoms in total. The van der Waals surface area contributed by atoms with E-state index >= 15 is 0 Å². The molecule has 1 aliphatic rings. The lowest BCUT2D eigenvalue weighted by atomic mass is 10.0. The van der Waals surface area contributed by atoms with Gasteiger partial charge in [0.25, 0.3) is 0 Å². The summed E-state index contributed by atoms with van der Waals surface area (Å²) in [5, 5.41) is 8.62. The average Bonchev–Trinajstić information content (AvgIpc) is 3.25. The van der Waals surface area contributed by atoms with E-state index in [0.29, 0.717) is 30.7 Å². The predicted molar refractivity (Wildman–Crippen MR) is 83.7 cm³/mol. The Morgan fingerprint density at radius 3 is 2.81 bits per heavy atom. The minimum atomic E-state index is 0.0781. The van der Waals surface area contributed by atoms with E-state index in [0.717, 1.165) is 12.2 Å². The summed E-state index contributed by atoms with van der Waals surface area (Å²) >= 11 is 6.40. The highest BCUT2D eigenvalue weighted by atomic mass is 35.5. The lowest BCUT2D eigenvalue weighted by Gasteiger charge is -2.29. The van der Waals surface area contributed by atoms with Crippen molar-refractivity contribution >= 4 is 11.6 Å². The molecule has 0 spiro atoms. The molecular formula is C15H26ClN3O2. The van der Waals surface area contributed by atoms with Crippen LogP contribution in [0, 0.1) is 5.92 Å². The second-order valence-electron chi connectivity index (χ2n) is 5.39. The third-order valence-corrected chi connectivity index (χ3v) is 4.12. The number of aromatic nitrogens is 2. The van der Waals surface area contributed by atoms with Crippen LogP contribution in [0.2, 0.25) is 5.02 Å². The van der Waals surface area contributed by atoms with Crippen molar-refractivity contribution in [1.82, 2.24) is 15.1 Å². The van der Waals surface area contributed by atoms with Gasteiger partial charge >= 0.3 is 0 Å². The smallest absolute Gasteiger partial charge is 0.0835 e. The van der Waals surface area contributed by atoms with E-state index in [1.54, 1.807) is 13.3 Å². The molecule has 0 amide bonds. The number of nitrogens with one attached hydrogen (secondary N) is 1. The van der Waals surface area contributed by atoms with Crippen LogP contribution in [0.5, 0.6) is 0 Å². The number of likely N-dealkylation sites (N-methyl/N-ethyl adjacent to an activating group) is 1. The quantitative estimate of drug-likeness (QED) is 0.721. The number of nitrogens with zero attached hydrogens (tertiary/aromatic N) is 2. The molecule has 1 aromatic rings. The SMILES string of the molecule is CCNC(c1c(Cl)cnn1CCOC)C(OCC)C1CC1. The molecule has 1 saturated carbocycles. The minimum absolute atomic E-state index is 0.0781. The molecule has 0 aromatic carbocycles. The molecule has 21 heavy (non-hydrogen) atoms. The number of ether oxygens (including phenoxy) is 2. The third-order valence-electron chi connectivity index (χ3n) is 3.83. The number of hydrogen-bond acceptors (Lipinski definition) is 4. The number of methoxy groups -OCH3 is 1. The molecule has 0 bridgehead atoms. The Labute approximate surface area is 131 Å². The van der Waals surface area contributed by atoms with E-state index in [2.05, 4.69) is 17.3 Å². The topological polar surface area (TPSA) is 48.3 Å². The molecule has 1 fully saturated rings. The Morgan fingerprint density at radius 2 is 2.24 bits per heavy atom. The molecular weight excluding hydrogens is 290 g/mol. The molecule has 0 saturated heterocycles. The largest absolute Gasteiger partial charge is 0.383 e. The molecule has 2 atom stereocenters. The first-order valence-electron chi connectivity index (χ1n) is 7.78. The van der Waals surface area contributed by atoms with Crippen LogP contribution in [0.1, 0.15) is 38.4 Å². The Kier molecular flexibility index (Phi) is 6.48. The average molecular weight is 316 g/mol. The first-order chi connectivity index (χ1) is 10.2. The van der Waals surface area contributed by atoms with Crippen molar-refractivity contribution in [2.75, 3.05) is 26.9 Å². The minimum Gasteiger partial charge on any atom is -0.383 e. The van der Waals surface area contributed by atoms with Gasteiger partial charge in [-0.15, -0.1) is 0 Å². The first-order valence-corrected chi connectivity index (χ1v) is 8.15. The number of hydrogen-bond donors (Lipinski definition) is 1. The highest BCUT2D eigenvalue weighted by molar-refractivity contribution is 6.31. The van der Waals surface area contributed by atoms with Gasteiger partial charge in [-0.05, 0) is 32.2 Å². The fourth-order valence-corrected chi connectivity index (χ4v) is 3.01. The molecule has 1 aliphatic carbocycles. The summed E-state index contributed by atoms with van der Waals surface area (Å²) in [4.78, 5) is 0. The highest BCUT2D eigenvalue weighted by Crippen LogP contribution is 2.41. The standard InChI is InChI=1S/C15H26ClN3O2/c1-4-17-13(15(21-5-2)11-6-7-11)14-12(16)10-18-19(14)8-9-20-3/h10-11,13,15,17H,4-9H2,1-3H3. The summed E-state index contributed by atoms with van der Waals surface area (Å²) in [5.74, 6) is 0.621. The van der Waals surface area contributed by atoms with Crippen molar-refractivity contribution in [2.45, 2.75) is 45.4 Å². The molecule has 0 radical (unpaired) electrons. The van der Waals surface area contributed by atoms with Crippen LogP contribution in [0.15, 0.2) is 6.20 Å². The van der Waals surface area contributed by atoms with Gasteiger partial charge in [-0.25, -0.2) is 0 Å². The van der Waals surface area contributed by atoms with E-state index in [1.807, 2.05) is 11.6 Å². The zero-order chi connectivity index (χ0) is 15.2. The second kappa shape index (κ2) is 8.13. The van der Waals surface area contributed by atoms with Crippen LogP contribution in [0.3, 0.4) is 0 Å². The molecule has 2 unspecified atom stereocenters. The van der Waals surface area contributed by atoms with Gasteiger partial charge in [-0.1, -0.05) is 18.5 Å². The van der Waals surface area contributed by atoms with Crippen molar-refractivity contribution < 1.29 is 9.47 Å². The van der Waals surface area contributed by atoms with Gasteiger partial charge in [0, 0.05) is 13.7 Å². The third kappa shape index (κ3) is 4.19. The molecule has 1 heterocycles. The lowest BCUT2D eigenvalue weighted by molar-refractivity contribution is 0.0164. The van der Waals surface area contributed by atoms with Gasteiger partial charge in [0.05, 0.1) is 42.2 Å². The van der Waals surface area contributed by atoms with Crippen LogP contribution in [-0.4, -0.2) is 42.8 Å². The molecule has 2 rings (SSSR count). The van der Waals surface area contributed by atoms with Crippen molar-refractivity contribution in [3.63, 3.8) is 0 Å².